The number of hydrogen-bond acceptors (Lipinski definition) is 2. The molecular weight excluding hydrogens is 321 g/mol. The highest BCUT2D eigenvalue weighted by Gasteiger charge is 2.36. The topological polar surface area (TPSA) is 21.6 Å². The van der Waals surface area contributed by atoms with Crippen molar-refractivity contribution in [2.24, 2.45) is 4.99 Å². The Labute approximate surface area is 125 Å². The highest BCUT2D eigenvalue weighted by atomic mass is 79.9. The highest BCUT2D eigenvalue weighted by molar-refractivity contribution is 9.10. The molecule has 1 atom stereocenters. The Morgan fingerprint density at radius 3 is 2.70 bits per heavy atom. The van der Waals surface area contributed by atoms with E-state index in [1.807, 2.05) is 37.3 Å². The largest absolute Gasteiger partial charge is 0.475 e. The summed E-state index contributed by atoms with van der Waals surface area (Å²) >= 11 is 3.37. The van der Waals surface area contributed by atoms with Crippen molar-refractivity contribution in [3.63, 3.8) is 0 Å². The molecule has 0 radical (unpaired) electrons. The second kappa shape index (κ2) is 5.02. The first-order chi connectivity index (χ1) is 9.58. The standard InChI is InChI=1S/C16H13BrFNO/c1-16(13-9-12(17)7-8-14(13)18)10-20-15(19-16)11-5-3-2-4-6-11/h2-9H,10H2,1H3. The summed E-state index contributed by atoms with van der Waals surface area (Å²) in [6.45, 7) is 2.22. The minimum absolute atomic E-state index is 0.266. The van der Waals surface area contributed by atoms with Crippen LogP contribution in [0.2, 0.25) is 0 Å². The molecule has 2 aromatic carbocycles. The van der Waals surface area contributed by atoms with Gasteiger partial charge in [0.2, 0.25) is 5.90 Å². The minimum atomic E-state index is -0.695. The fourth-order valence-electron chi connectivity index (χ4n) is 2.27. The zero-order valence-corrected chi connectivity index (χ0v) is 12.5. The van der Waals surface area contributed by atoms with Gasteiger partial charge in [-0.2, -0.15) is 0 Å². The lowest BCUT2D eigenvalue weighted by Gasteiger charge is -2.19. The average Bonchev–Trinajstić information content (AvgIpc) is 2.86. The van der Waals surface area contributed by atoms with Crippen molar-refractivity contribution >= 4 is 21.8 Å². The molecule has 20 heavy (non-hydrogen) atoms. The maximum Gasteiger partial charge on any atom is 0.217 e. The van der Waals surface area contributed by atoms with Gasteiger partial charge in [0.1, 0.15) is 18.0 Å². The number of ether oxygens (including phenoxy) is 1. The first-order valence-electron chi connectivity index (χ1n) is 6.32. The summed E-state index contributed by atoms with van der Waals surface area (Å²) in [7, 11) is 0. The number of benzene rings is 2. The molecule has 4 heteroatoms. The van der Waals surface area contributed by atoms with E-state index in [-0.39, 0.29) is 5.82 Å². The molecule has 0 amide bonds. The Bertz CT molecular complexity index is 671. The average molecular weight is 334 g/mol. The molecule has 1 aliphatic rings. The molecule has 0 aromatic heterocycles. The van der Waals surface area contributed by atoms with Crippen LogP contribution in [0, 0.1) is 5.82 Å². The number of hydrogen-bond donors (Lipinski definition) is 0. The van der Waals surface area contributed by atoms with Crippen LogP contribution in [0.25, 0.3) is 0 Å². The summed E-state index contributed by atoms with van der Waals surface area (Å²) in [6, 6.07) is 14.5. The fourth-order valence-corrected chi connectivity index (χ4v) is 2.64. The molecule has 0 bridgehead atoms. The maximum atomic E-state index is 14.1. The molecule has 0 saturated heterocycles. The summed E-state index contributed by atoms with van der Waals surface area (Å²) in [5, 5.41) is 0. The van der Waals surface area contributed by atoms with Crippen molar-refractivity contribution in [3.8, 4) is 0 Å². The van der Waals surface area contributed by atoms with Crippen LogP contribution >= 0.6 is 15.9 Å². The van der Waals surface area contributed by atoms with E-state index in [4.69, 9.17) is 4.74 Å². The molecule has 1 heterocycles. The Morgan fingerprint density at radius 1 is 1.20 bits per heavy atom. The van der Waals surface area contributed by atoms with Gasteiger partial charge in [0.15, 0.2) is 0 Å². The maximum absolute atomic E-state index is 14.1. The molecular formula is C16H13BrFNO. The van der Waals surface area contributed by atoms with Crippen LogP contribution in [0.1, 0.15) is 18.1 Å². The van der Waals surface area contributed by atoms with Gasteiger partial charge in [-0.05, 0) is 37.3 Å². The van der Waals surface area contributed by atoms with Crippen LogP contribution in [0.5, 0.6) is 0 Å². The van der Waals surface area contributed by atoms with Crippen LogP contribution in [-0.4, -0.2) is 12.5 Å². The predicted molar refractivity (Wildman–Crippen MR) is 80.4 cm³/mol. The summed E-state index contributed by atoms with van der Waals surface area (Å²) in [5.74, 6) is 0.296. The fraction of sp³-hybridized carbons (Fsp3) is 0.188. The molecule has 102 valence electrons. The number of nitrogens with zero attached hydrogens (tertiary/aromatic N) is 1. The molecule has 0 fully saturated rings. The minimum Gasteiger partial charge on any atom is -0.475 e. The smallest absolute Gasteiger partial charge is 0.217 e. The van der Waals surface area contributed by atoms with Crippen LogP contribution in [0.4, 0.5) is 4.39 Å². The summed E-state index contributed by atoms with van der Waals surface area (Å²) < 4.78 is 20.6. The zero-order chi connectivity index (χ0) is 14.2. The molecule has 3 rings (SSSR count). The number of aliphatic imine (C=N–C) groups is 1. The Hall–Kier alpha value is -1.68. The Kier molecular flexibility index (Phi) is 3.34. The van der Waals surface area contributed by atoms with Crippen LogP contribution in [-0.2, 0) is 10.3 Å². The van der Waals surface area contributed by atoms with E-state index in [0.29, 0.717) is 18.1 Å². The van der Waals surface area contributed by atoms with E-state index in [0.717, 1.165) is 10.0 Å². The van der Waals surface area contributed by atoms with Crippen LogP contribution in [0.15, 0.2) is 58.0 Å². The van der Waals surface area contributed by atoms with Gasteiger partial charge in [0, 0.05) is 15.6 Å². The van der Waals surface area contributed by atoms with Gasteiger partial charge in [-0.15, -0.1) is 0 Å². The normalized spacial score (nSPS) is 21.4. The van der Waals surface area contributed by atoms with Gasteiger partial charge in [-0.1, -0.05) is 34.1 Å². The van der Waals surface area contributed by atoms with Crippen molar-refractivity contribution < 1.29 is 9.13 Å². The van der Waals surface area contributed by atoms with Crippen molar-refractivity contribution in [2.75, 3.05) is 6.61 Å². The van der Waals surface area contributed by atoms with E-state index < -0.39 is 5.54 Å². The molecule has 1 unspecified atom stereocenters. The number of rotatable bonds is 2. The summed E-state index contributed by atoms with van der Waals surface area (Å²) in [5.41, 5.74) is 0.753. The Balaban J connectivity index is 2.02. The van der Waals surface area contributed by atoms with Crippen molar-refractivity contribution in [1.29, 1.82) is 0 Å². The summed E-state index contributed by atoms with van der Waals surface area (Å²) in [6.07, 6.45) is 0. The third kappa shape index (κ3) is 2.36. The van der Waals surface area contributed by atoms with Gasteiger partial charge in [-0.25, -0.2) is 9.38 Å². The van der Waals surface area contributed by atoms with Crippen molar-refractivity contribution in [2.45, 2.75) is 12.5 Å². The molecule has 0 saturated carbocycles. The Morgan fingerprint density at radius 2 is 1.95 bits per heavy atom. The summed E-state index contributed by atoms with van der Waals surface area (Å²) in [4.78, 5) is 4.60. The van der Waals surface area contributed by atoms with Gasteiger partial charge in [0.05, 0.1) is 0 Å². The van der Waals surface area contributed by atoms with Gasteiger partial charge < -0.3 is 4.74 Å². The monoisotopic (exact) mass is 333 g/mol. The van der Waals surface area contributed by atoms with E-state index in [1.54, 1.807) is 12.1 Å². The molecule has 0 N–H and O–H groups in total. The van der Waals surface area contributed by atoms with Gasteiger partial charge in [-0.3, -0.25) is 0 Å². The number of halogens is 2. The SMILES string of the molecule is CC1(c2cc(Br)ccc2F)COC(c2ccccc2)=N1. The van der Waals surface area contributed by atoms with Crippen molar-refractivity contribution in [1.82, 2.24) is 0 Å². The molecule has 2 aromatic rings. The van der Waals surface area contributed by atoms with E-state index in [9.17, 15) is 4.39 Å². The lowest BCUT2D eigenvalue weighted by Crippen LogP contribution is -2.22. The third-order valence-electron chi connectivity index (χ3n) is 3.37. The zero-order valence-electron chi connectivity index (χ0n) is 10.9. The van der Waals surface area contributed by atoms with E-state index in [2.05, 4.69) is 20.9 Å². The molecule has 0 aliphatic carbocycles. The second-order valence-electron chi connectivity index (χ2n) is 4.97. The quantitative estimate of drug-likeness (QED) is 0.803. The van der Waals surface area contributed by atoms with Gasteiger partial charge in [0.25, 0.3) is 0 Å². The lowest BCUT2D eigenvalue weighted by atomic mass is 9.93. The van der Waals surface area contributed by atoms with Crippen LogP contribution in [0.3, 0.4) is 0 Å². The van der Waals surface area contributed by atoms with Gasteiger partial charge >= 0.3 is 0 Å². The second-order valence-corrected chi connectivity index (χ2v) is 5.89. The van der Waals surface area contributed by atoms with Crippen molar-refractivity contribution in [3.05, 3.63) is 69.9 Å². The predicted octanol–water partition coefficient (Wildman–Crippen LogP) is 4.28. The third-order valence-corrected chi connectivity index (χ3v) is 3.86. The lowest BCUT2D eigenvalue weighted by molar-refractivity contribution is 0.265. The first-order valence-corrected chi connectivity index (χ1v) is 7.11. The first kappa shape index (κ1) is 13.3. The van der Waals surface area contributed by atoms with E-state index >= 15 is 0 Å². The molecule has 1 aliphatic heterocycles. The highest BCUT2D eigenvalue weighted by Crippen LogP contribution is 2.34. The van der Waals surface area contributed by atoms with Crippen LogP contribution < -0.4 is 0 Å². The van der Waals surface area contributed by atoms with E-state index in [1.165, 1.54) is 6.07 Å². The molecule has 2 nitrogen and oxygen atoms in total. The molecule has 0 spiro atoms.